The van der Waals surface area contributed by atoms with E-state index in [2.05, 4.69) is 22.4 Å². The first-order chi connectivity index (χ1) is 9.77. The molecule has 1 aromatic rings. The Kier molecular flexibility index (Phi) is 3.09. The average Bonchev–Trinajstić information content (AvgIpc) is 2.87. The molecule has 4 bridgehead atoms. The Morgan fingerprint density at radius 2 is 1.75 bits per heavy atom. The maximum atomic E-state index is 6.03. The molecular weight excluding hydrogens is 250 g/mol. The number of aromatic nitrogens is 2. The van der Waals surface area contributed by atoms with Gasteiger partial charge in [-0.1, -0.05) is 6.92 Å². The molecule has 5 rings (SSSR count). The summed E-state index contributed by atoms with van der Waals surface area (Å²) in [4.78, 5) is 0. The van der Waals surface area contributed by atoms with Crippen molar-refractivity contribution < 1.29 is 4.42 Å². The van der Waals surface area contributed by atoms with Crippen molar-refractivity contribution in [1.82, 2.24) is 15.5 Å². The predicted octanol–water partition coefficient (Wildman–Crippen LogP) is 3.04. The molecule has 0 aliphatic heterocycles. The third-order valence-corrected chi connectivity index (χ3v) is 5.66. The molecule has 0 spiro atoms. The number of hydrogen-bond donors (Lipinski definition) is 1. The second-order valence-electron chi connectivity index (χ2n) is 7.38. The molecule has 0 amide bonds. The molecule has 4 fully saturated rings. The topological polar surface area (TPSA) is 51.0 Å². The summed E-state index contributed by atoms with van der Waals surface area (Å²) >= 11 is 0. The molecule has 4 aliphatic carbocycles. The van der Waals surface area contributed by atoms with Crippen LogP contribution in [-0.2, 0) is 12.0 Å². The van der Waals surface area contributed by atoms with Crippen molar-refractivity contribution in [3.63, 3.8) is 0 Å². The molecule has 1 N–H and O–H groups in total. The lowest BCUT2D eigenvalue weighted by Crippen LogP contribution is -2.48. The molecule has 0 radical (unpaired) electrons. The van der Waals surface area contributed by atoms with E-state index >= 15 is 0 Å². The zero-order valence-corrected chi connectivity index (χ0v) is 12.4. The summed E-state index contributed by atoms with van der Waals surface area (Å²) < 4.78 is 6.03. The Morgan fingerprint density at radius 3 is 2.35 bits per heavy atom. The fraction of sp³-hybridized carbons (Fsp3) is 0.875. The van der Waals surface area contributed by atoms with Crippen molar-refractivity contribution in [2.75, 3.05) is 6.54 Å². The Bertz CT molecular complexity index is 447. The zero-order chi connectivity index (χ0) is 13.6. The minimum absolute atomic E-state index is 0.241. The lowest BCUT2D eigenvalue weighted by molar-refractivity contribution is -0.0182. The van der Waals surface area contributed by atoms with E-state index in [-0.39, 0.29) is 5.41 Å². The molecule has 4 aliphatic rings. The van der Waals surface area contributed by atoms with Crippen molar-refractivity contribution in [2.45, 2.75) is 63.8 Å². The quantitative estimate of drug-likeness (QED) is 0.839. The van der Waals surface area contributed by atoms with Crippen LogP contribution in [0.3, 0.4) is 0 Å². The lowest BCUT2D eigenvalue weighted by atomic mass is 9.49. The Balaban J connectivity index is 1.52. The summed E-state index contributed by atoms with van der Waals surface area (Å²) in [5.41, 5.74) is 0.241. The first-order valence-electron chi connectivity index (χ1n) is 8.31. The maximum Gasteiger partial charge on any atom is 0.230 e. The highest BCUT2D eigenvalue weighted by atomic mass is 16.4. The van der Waals surface area contributed by atoms with Crippen LogP contribution in [0.5, 0.6) is 0 Å². The monoisotopic (exact) mass is 275 g/mol. The first-order valence-corrected chi connectivity index (χ1v) is 8.31. The van der Waals surface area contributed by atoms with Crippen LogP contribution in [0.25, 0.3) is 0 Å². The third kappa shape index (κ3) is 2.09. The lowest BCUT2D eigenvalue weighted by Gasteiger charge is -2.55. The van der Waals surface area contributed by atoms with Gasteiger partial charge in [0.2, 0.25) is 11.8 Å². The van der Waals surface area contributed by atoms with Gasteiger partial charge in [0.05, 0.1) is 6.54 Å². The van der Waals surface area contributed by atoms with Crippen LogP contribution in [0.15, 0.2) is 4.42 Å². The minimum atomic E-state index is 0.241. The van der Waals surface area contributed by atoms with E-state index in [1.54, 1.807) is 0 Å². The molecule has 4 saturated carbocycles. The van der Waals surface area contributed by atoms with Gasteiger partial charge >= 0.3 is 0 Å². The van der Waals surface area contributed by atoms with Crippen LogP contribution >= 0.6 is 0 Å². The summed E-state index contributed by atoms with van der Waals surface area (Å²) in [5.74, 6) is 4.49. The van der Waals surface area contributed by atoms with Crippen molar-refractivity contribution in [3.05, 3.63) is 11.8 Å². The highest BCUT2D eigenvalue weighted by Gasteiger charge is 2.54. The summed E-state index contributed by atoms with van der Waals surface area (Å²) in [7, 11) is 0. The molecule has 0 unspecified atom stereocenters. The second-order valence-corrected chi connectivity index (χ2v) is 7.38. The number of hydrogen-bond acceptors (Lipinski definition) is 4. The summed E-state index contributed by atoms with van der Waals surface area (Å²) in [6.45, 7) is 3.89. The molecule has 20 heavy (non-hydrogen) atoms. The van der Waals surface area contributed by atoms with Gasteiger partial charge in [0, 0.05) is 5.41 Å². The normalized spacial score (nSPS) is 38.5. The number of nitrogens with one attached hydrogen (secondary N) is 1. The van der Waals surface area contributed by atoms with E-state index in [4.69, 9.17) is 4.42 Å². The fourth-order valence-corrected chi connectivity index (χ4v) is 5.28. The van der Waals surface area contributed by atoms with Gasteiger partial charge < -0.3 is 9.73 Å². The summed E-state index contributed by atoms with van der Waals surface area (Å²) in [6.07, 6.45) is 9.39. The predicted molar refractivity (Wildman–Crippen MR) is 76.1 cm³/mol. The van der Waals surface area contributed by atoms with E-state index in [1.165, 1.54) is 38.5 Å². The zero-order valence-electron chi connectivity index (χ0n) is 12.4. The van der Waals surface area contributed by atoms with Gasteiger partial charge in [-0.2, -0.15) is 0 Å². The molecule has 1 heterocycles. The molecule has 110 valence electrons. The van der Waals surface area contributed by atoms with E-state index < -0.39 is 0 Å². The molecule has 4 nitrogen and oxygen atoms in total. The second kappa shape index (κ2) is 4.83. The van der Waals surface area contributed by atoms with Gasteiger partial charge in [-0.15, -0.1) is 10.2 Å². The van der Waals surface area contributed by atoms with Crippen LogP contribution < -0.4 is 5.32 Å². The van der Waals surface area contributed by atoms with Gasteiger partial charge in [-0.25, -0.2) is 0 Å². The van der Waals surface area contributed by atoms with Gasteiger partial charge in [0.15, 0.2) is 0 Å². The fourth-order valence-electron chi connectivity index (χ4n) is 5.28. The third-order valence-electron chi connectivity index (χ3n) is 5.66. The average molecular weight is 275 g/mol. The van der Waals surface area contributed by atoms with Crippen molar-refractivity contribution >= 4 is 0 Å². The van der Waals surface area contributed by atoms with E-state index in [0.717, 1.165) is 42.5 Å². The van der Waals surface area contributed by atoms with Crippen LogP contribution in [0.4, 0.5) is 0 Å². The number of nitrogens with zero attached hydrogens (tertiary/aromatic N) is 2. The highest BCUT2D eigenvalue weighted by molar-refractivity contribution is 5.14. The number of rotatable bonds is 5. The maximum absolute atomic E-state index is 6.03. The standard InChI is InChI=1S/C16H25N3O/c1-2-3-17-10-14-18-19-15(20-14)16-7-11-4-12(8-16)6-13(5-11)9-16/h11-13,17H,2-10H2,1H3. The highest BCUT2D eigenvalue weighted by Crippen LogP contribution is 2.60. The van der Waals surface area contributed by atoms with Crippen molar-refractivity contribution in [3.8, 4) is 0 Å². The smallest absolute Gasteiger partial charge is 0.230 e. The Morgan fingerprint density at radius 1 is 1.10 bits per heavy atom. The van der Waals surface area contributed by atoms with Gasteiger partial charge in [0.25, 0.3) is 0 Å². The summed E-state index contributed by atoms with van der Waals surface area (Å²) in [6, 6.07) is 0. The van der Waals surface area contributed by atoms with E-state index in [0.29, 0.717) is 6.54 Å². The molecule has 4 heteroatoms. The largest absolute Gasteiger partial charge is 0.423 e. The van der Waals surface area contributed by atoms with E-state index in [9.17, 15) is 0 Å². The van der Waals surface area contributed by atoms with Gasteiger partial charge in [0.1, 0.15) is 0 Å². The van der Waals surface area contributed by atoms with Crippen LogP contribution in [0.1, 0.15) is 63.7 Å². The van der Waals surface area contributed by atoms with E-state index in [1.807, 2.05) is 0 Å². The van der Waals surface area contributed by atoms with Crippen LogP contribution in [-0.4, -0.2) is 16.7 Å². The van der Waals surface area contributed by atoms with Crippen molar-refractivity contribution in [2.24, 2.45) is 17.8 Å². The van der Waals surface area contributed by atoms with Crippen LogP contribution in [0, 0.1) is 17.8 Å². The molecular formula is C16H25N3O. The molecule has 1 aromatic heterocycles. The SMILES string of the molecule is CCCNCc1nnc(C23CC4CC(CC(C4)C2)C3)o1. The molecule has 0 saturated heterocycles. The molecule has 0 atom stereocenters. The van der Waals surface area contributed by atoms with Crippen molar-refractivity contribution in [1.29, 1.82) is 0 Å². The molecule has 0 aromatic carbocycles. The van der Waals surface area contributed by atoms with Crippen LogP contribution in [0.2, 0.25) is 0 Å². The van der Waals surface area contributed by atoms with Gasteiger partial charge in [-0.05, 0) is 69.2 Å². The van der Waals surface area contributed by atoms with Gasteiger partial charge in [-0.3, -0.25) is 0 Å². The minimum Gasteiger partial charge on any atom is -0.423 e. The first kappa shape index (κ1) is 12.8. The Labute approximate surface area is 120 Å². The Hall–Kier alpha value is -0.900. The summed E-state index contributed by atoms with van der Waals surface area (Å²) in [5, 5.41) is 12.0.